The minimum atomic E-state index is -1.06. The molecule has 1 aliphatic carbocycles. The Morgan fingerprint density at radius 3 is 2.95 bits per heavy atom. The summed E-state index contributed by atoms with van der Waals surface area (Å²) >= 11 is 5.93. The largest absolute Gasteiger partial charge is 0.394 e. The van der Waals surface area contributed by atoms with Crippen LogP contribution in [0, 0.1) is 0 Å². The normalized spacial score (nSPS) is 22.6. The van der Waals surface area contributed by atoms with E-state index in [1.165, 1.54) is 0 Å². The van der Waals surface area contributed by atoms with Crippen LogP contribution in [0.5, 0.6) is 0 Å². The van der Waals surface area contributed by atoms with E-state index in [1.807, 2.05) is 0 Å². The van der Waals surface area contributed by atoms with Crippen LogP contribution in [0.1, 0.15) is 18.5 Å². The van der Waals surface area contributed by atoms with E-state index in [4.69, 9.17) is 21.4 Å². The topological polar surface area (TPSA) is 84.3 Å². The van der Waals surface area contributed by atoms with Gasteiger partial charge in [0.25, 0.3) is 0 Å². The highest BCUT2D eigenvalue weighted by Gasteiger charge is 2.44. The number of aromatic nitrogens is 2. The summed E-state index contributed by atoms with van der Waals surface area (Å²) in [5.41, 5.74) is 0.603. The minimum absolute atomic E-state index is 0.00876. The van der Waals surface area contributed by atoms with Crippen molar-refractivity contribution >= 4 is 28.2 Å². The number of hydrogen-bond donors (Lipinski definition) is 2. The summed E-state index contributed by atoms with van der Waals surface area (Å²) < 4.78 is 17.4. The third kappa shape index (κ3) is 2.81. The van der Waals surface area contributed by atoms with Gasteiger partial charge in [0.1, 0.15) is 10.7 Å². The van der Waals surface area contributed by atoms with Gasteiger partial charge in [-0.2, -0.15) is 4.98 Å². The van der Waals surface area contributed by atoms with E-state index in [2.05, 4.69) is 15.3 Å². The first-order chi connectivity index (χ1) is 9.63. The number of rotatable bonds is 6. The van der Waals surface area contributed by atoms with E-state index in [0.29, 0.717) is 36.1 Å². The van der Waals surface area contributed by atoms with Crippen molar-refractivity contribution in [2.75, 3.05) is 30.9 Å². The van der Waals surface area contributed by atoms with E-state index in [1.54, 1.807) is 0 Å². The fraction of sp³-hybridized carbons (Fsp3) is 0.667. The number of halogens is 1. The van der Waals surface area contributed by atoms with Crippen LogP contribution in [0.4, 0.5) is 5.82 Å². The maximum atomic E-state index is 12.0. The zero-order valence-corrected chi connectivity index (χ0v) is 12.5. The maximum Gasteiger partial charge on any atom is 0.224 e. The molecule has 8 heteroatoms. The lowest BCUT2D eigenvalue weighted by Gasteiger charge is -2.19. The Balaban J connectivity index is 1.79. The Hall–Kier alpha value is -0.760. The van der Waals surface area contributed by atoms with Crippen molar-refractivity contribution in [1.82, 2.24) is 9.97 Å². The Bertz CT molecular complexity index is 551. The lowest BCUT2D eigenvalue weighted by Crippen LogP contribution is -2.29. The van der Waals surface area contributed by atoms with Crippen molar-refractivity contribution in [1.29, 1.82) is 0 Å². The maximum absolute atomic E-state index is 12.0. The summed E-state index contributed by atoms with van der Waals surface area (Å²) in [7, 11) is -1.06. The molecule has 1 aliphatic heterocycles. The fourth-order valence-electron chi connectivity index (χ4n) is 2.29. The van der Waals surface area contributed by atoms with Gasteiger partial charge in [0.15, 0.2) is 0 Å². The summed E-state index contributed by atoms with van der Waals surface area (Å²) in [4.78, 5) is 9.02. The molecule has 0 amide bonds. The molecule has 2 heterocycles. The number of aryl methyl sites for hydroxylation is 1. The number of aliphatic hydroxyl groups is 1. The molecule has 3 rings (SSSR count). The van der Waals surface area contributed by atoms with Crippen LogP contribution in [-0.2, 0) is 22.0 Å². The van der Waals surface area contributed by atoms with Gasteiger partial charge in [0.2, 0.25) is 5.28 Å². The van der Waals surface area contributed by atoms with Crippen molar-refractivity contribution in [3.63, 3.8) is 0 Å². The third-order valence-electron chi connectivity index (χ3n) is 3.51. The molecule has 110 valence electrons. The van der Waals surface area contributed by atoms with Gasteiger partial charge in [0.05, 0.1) is 41.9 Å². The van der Waals surface area contributed by atoms with Gasteiger partial charge < -0.3 is 15.2 Å². The molecule has 1 fully saturated rings. The van der Waals surface area contributed by atoms with E-state index < -0.39 is 10.8 Å². The number of fused-ring (bicyclic) bond motifs is 1. The van der Waals surface area contributed by atoms with Crippen LogP contribution in [0.25, 0.3) is 0 Å². The van der Waals surface area contributed by atoms with Crippen molar-refractivity contribution in [3.05, 3.63) is 11.0 Å². The molecule has 0 bridgehead atoms. The smallest absolute Gasteiger partial charge is 0.224 e. The van der Waals surface area contributed by atoms with Crippen molar-refractivity contribution in [2.45, 2.75) is 29.7 Å². The van der Waals surface area contributed by atoms with Gasteiger partial charge in [-0.3, -0.25) is 4.21 Å². The summed E-state index contributed by atoms with van der Waals surface area (Å²) in [6, 6.07) is 0. The van der Waals surface area contributed by atoms with Crippen LogP contribution < -0.4 is 5.32 Å². The molecule has 1 atom stereocenters. The molecule has 2 N–H and O–H groups in total. The standard InChI is InChI=1S/C12H16ClN3O3S/c13-11-14-8-1-6-20(18)9(8)10(15-11)16-12(2-3-12)7-19-5-4-17/h17H,1-7H2,(H,14,15,16)/t20-/m1/s1. The molecular weight excluding hydrogens is 302 g/mol. The van der Waals surface area contributed by atoms with Crippen LogP contribution in [-0.4, -0.2) is 50.4 Å². The predicted octanol–water partition coefficient (Wildman–Crippen LogP) is 0.747. The van der Waals surface area contributed by atoms with Crippen LogP contribution in [0.15, 0.2) is 4.90 Å². The summed E-state index contributed by atoms with van der Waals surface area (Å²) in [6.45, 7) is 0.823. The number of nitrogens with one attached hydrogen (secondary N) is 1. The molecule has 1 saturated carbocycles. The van der Waals surface area contributed by atoms with Gasteiger partial charge in [-0.1, -0.05) is 0 Å². The van der Waals surface area contributed by atoms with E-state index in [9.17, 15) is 4.21 Å². The van der Waals surface area contributed by atoms with Gasteiger partial charge in [-0.25, -0.2) is 4.98 Å². The Morgan fingerprint density at radius 1 is 1.45 bits per heavy atom. The van der Waals surface area contributed by atoms with E-state index in [-0.39, 0.29) is 17.4 Å². The van der Waals surface area contributed by atoms with Crippen molar-refractivity contribution < 1.29 is 14.1 Å². The van der Waals surface area contributed by atoms with E-state index in [0.717, 1.165) is 18.5 Å². The summed E-state index contributed by atoms with van der Waals surface area (Å²) in [5.74, 6) is 1.15. The Labute approximate surface area is 124 Å². The molecule has 2 aliphatic rings. The van der Waals surface area contributed by atoms with Gasteiger partial charge in [-0.15, -0.1) is 0 Å². The molecule has 0 radical (unpaired) electrons. The average Bonchev–Trinajstić information content (AvgIpc) is 3.06. The lowest BCUT2D eigenvalue weighted by molar-refractivity contribution is 0.0822. The van der Waals surface area contributed by atoms with Crippen LogP contribution in [0.3, 0.4) is 0 Å². The summed E-state index contributed by atoms with van der Waals surface area (Å²) in [6.07, 6.45) is 2.59. The zero-order chi connectivity index (χ0) is 14.2. The highest BCUT2D eigenvalue weighted by atomic mass is 35.5. The fourth-order valence-corrected chi connectivity index (χ4v) is 3.78. The third-order valence-corrected chi connectivity index (χ3v) is 5.14. The first-order valence-corrected chi connectivity index (χ1v) is 8.25. The van der Waals surface area contributed by atoms with Gasteiger partial charge in [0, 0.05) is 12.2 Å². The SMILES string of the molecule is O=[S@@]1CCc2nc(Cl)nc(NC3(COCCO)CC3)c21. The Morgan fingerprint density at radius 2 is 2.25 bits per heavy atom. The molecule has 0 spiro atoms. The van der Waals surface area contributed by atoms with Gasteiger partial charge in [-0.05, 0) is 24.4 Å². The quantitative estimate of drug-likeness (QED) is 0.595. The number of ether oxygens (including phenoxy) is 1. The molecule has 6 nitrogen and oxygen atoms in total. The predicted molar refractivity (Wildman–Crippen MR) is 75.5 cm³/mol. The highest BCUT2D eigenvalue weighted by Crippen LogP contribution is 2.41. The molecule has 0 unspecified atom stereocenters. The highest BCUT2D eigenvalue weighted by molar-refractivity contribution is 7.85. The second-order valence-electron chi connectivity index (χ2n) is 5.10. The van der Waals surface area contributed by atoms with Crippen molar-refractivity contribution in [2.24, 2.45) is 0 Å². The average molecular weight is 318 g/mol. The molecule has 1 aromatic heterocycles. The van der Waals surface area contributed by atoms with E-state index >= 15 is 0 Å². The van der Waals surface area contributed by atoms with Crippen LogP contribution in [0.2, 0.25) is 5.28 Å². The van der Waals surface area contributed by atoms with Crippen LogP contribution >= 0.6 is 11.6 Å². The first kappa shape index (κ1) is 14.2. The zero-order valence-electron chi connectivity index (χ0n) is 10.9. The first-order valence-electron chi connectivity index (χ1n) is 6.55. The lowest BCUT2D eigenvalue weighted by atomic mass is 10.2. The monoisotopic (exact) mass is 317 g/mol. The number of aliphatic hydroxyl groups excluding tert-OH is 1. The second kappa shape index (κ2) is 5.55. The Kier molecular flexibility index (Phi) is 3.94. The molecule has 1 aromatic rings. The molecule has 0 saturated heterocycles. The molecule has 0 aromatic carbocycles. The second-order valence-corrected chi connectivity index (χ2v) is 6.94. The number of hydrogen-bond acceptors (Lipinski definition) is 6. The van der Waals surface area contributed by atoms with Crippen molar-refractivity contribution in [3.8, 4) is 0 Å². The summed E-state index contributed by atoms with van der Waals surface area (Å²) in [5, 5.41) is 12.3. The molecular formula is C12H16ClN3O3S. The minimum Gasteiger partial charge on any atom is -0.394 e. The number of anilines is 1. The number of nitrogens with zero attached hydrogens (tertiary/aromatic N) is 2. The molecule has 20 heavy (non-hydrogen) atoms. The van der Waals surface area contributed by atoms with Gasteiger partial charge >= 0.3 is 0 Å².